The number of aryl methyl sites for hydroxylation is 2. The number of nitrogens with one attached hydrogen (secondary N) is 3. The molecule has 1 aromatic carbocycles. The molecular formula is C17H20N6O. The first-order valence-electron chi connectivity index (χ1n) is 7.90. The second kappa shape index (κ2) is 7.54. The second-order valence-corrected chi connectivity index (χ2v) is 5.66. The summed E-state index contributed by atoms with van der Waals surface area (Å²) in [6.45, 7) is 1.49. The highest BCUT2D eigenvalue weighted by Gasteiger charge is 2.19. The van der Waals surface area contributed by atoms with Crippen LogP contribution < -0.4 is 5.32 Å². The molecule has 0 saturated heterocycles. The third-order valence-corrected chi connectivity index (χ3v) is 3.71. The van der Waals surface area contributed by atoms with Crippen molar-refractivity contribution in [3.05, 3.63) is 65.8 Å². The first-order chi connectivity index (χ1) is 11.7. The molecule has 0 bridgehead atoms. The fourth-order valence-corrected chi connectivity index (χ4v) is 2.55. The minimum Gasteiger partial charge on any atom is -0.348 e. The molecule has 0 unspecified atom stereocenters. The molecule has 2 heterocycles. The normalized spacial score (nSPS) is 12.0. The van der Waals surface area contributed by atoms with E-state index in [0.29, 0.717) is 12.2 Å². The fourth-order valence-electron chi connectivity index (χ4n) is 2.55. The molecule has 1 atom stereocenters. The van der Waals surface area contributed by atoms with Gasteiger partial charge in [-0.15, -0.1) is 0 Å². The van der Waals surface area contributed by atoms with Crippen LogP contribution in [0.3, 0.4) is 0 Å². The molecule has 3 N–H and O–H groups in total. The van der Waals surface area contributed by atoms with Crippen molar-refractivity contribution in [2.75, 3.05) is 0 Å². The lowest BCUT2D eigenvalue weighted by atomic mass is 10.1. The molecule has 0 spiro atoms. The fraction of sp³-hybridized carbons (Fsp3) is 0.294. The molecule has 0 fully saturated rings. The zero-order chi connectivity index (χ0) is 16.8. The van der Waals surface area contributed by atoms with Gasteiger partial charge in [0.2, 0.25) is 5.91 Å². The second-order valence-electron chi connectivity index (χ2n) is 5.66. The molecule has 1 amide bonds. The number of aromatic amines is 2. The molecule has 0 saturated carbocycles. The number of carbonyl (C=O) groups excluding carboxylic acids is 1. The van der Waals surface area contributed by atoms with Crippen LogP contribution in [0.4, 0.5) is 0 Å². The highest BCUT2D eigenvalue weighted by Crippen LogP contribution is 2.14. The number of rotatable bonds is 7. The lowest BCUT2D eigenvalue weighted by Gasteiger charge is -2.13. The summed E-state index contributed by atoms with van der Waals surface area (Å²) in [7, 11) is 0. The summed E-state index contributed by atoms with van der Waals surface area (Å²) in [4.78, 5) is 23.0. The van der Waals surface area contributed by atoms with E-state index in [1.54, 1.807) is 12.5 Å². The average molecular weight is 324 g/mol. The largest absolute Gasteiger partial charge is 0.348 e. The maximum absolute atomic E-state index is 11.5. The third kappa shape index (κ3) is 4.28. The van der Waals surface area contributed by atoms with Gasteiger partial charge in [-0.3, -0.25) is 9.89 Å². The number of aromatic nitrogens is 5. The van der Waals surface area contributed by atoms with Gasteiger partial charge in [-0.05, 0) is 12.0 Å². The van der Waals surface area contributed by atoms with Crippen LogP contribution in [0.5, 0.6) is 0 Å². The van der Waals surface area contributed by atoms with Crippen LogP contribution in [0.2, 0.25) is 0 Å². The van der Waals surface area contributed by atoms with E-state index < -0.39 is 0 Å². The van der Waals surface area contributed by atoms with Gasteiger partial charge in [0.1, 0.15) is 5.82 Å². The van der Waals surface area contributed by atoms with Crippen LogP contribution in [0.25, 0.3) is 0 Å². The Morgan fingerprint density at radius 3 is 2.79 bits per heavy atom. The van der Waals surface area contributed by atoms with Crippen LogP contribution in [0, 0.1) is 0 Å². The smallest absolute Gasteiger partial charge is 0.217 e. The van der Waals surface area contributed by atoms with Crippen molar-refractivity contribution in [3.8, 4) is 0 Å². The van der Waals surface area contributed by atoms with Gasteiger partial charge >= 0.3 is 0 Å². The summed E-state index contributed by atoms with van der Waals surface area (Å²) in [5.74, 6) is 1.28. The quantitative estimate of drug-likeness (QED) is 0.616. The highest BCUT2D eigenvalue weighted by molar-refractivity contribution is 5.73. The number of benzene rings is 1. The molecule has 0 aliphatic carbocycles. The number of H-pyrrole nitrogens is 2. The lowest BCUT2D eigenvalue weighted by molar-refractivity contribution is -0.119. The van der Waals surface area contributed by atoms with E-state index in [4.69, 9.17) is 0 Å². The molecule has 0 aliphatic rings. The average Bonchev–Trinajstić information content (AvgIpc) is 3.24. The minimum absolute atomic E-state index is 0.116. The topological polar surface area (TPSA) is 99.4 Å². The third-order valence-electron chi connectivity index (χ3n) is 3.71. The van der Waals surface area contributed by atoms with Gasteiger partial charge in [-0.1, -0.05) is 30.3 Å². The van der Waals surface area contributed by atoms with Crippen molar-refractivity contribution >= 4 is 5.91 Å². The number of carbonyl (C=O) groups is 1. The summed E-state index contributed by atoms with van der Waals surface area (Å²) < 4.78 is 0. The maximum Gasteiger partial charge on any atom is 0.217 e. The van der Waals surface area contributed by atoms with E-state index >= 15 is 0 Å². The Labute approximate surface area is 139 Å². The molecule has 2 aromatic heterocycles. The number of nitrogens with zero attached hydrogens (tertiary/aromatic N) is 3. The summed E-state index contributed by atoms with van der Waals surface area (Å²) in [6, 6.07) is 9.95. The maximum atomic E-state index is 11.5. The Hall–Kier alpha value is -2.96. The molecular weight excluding hydrogens is 304 g/mol. The monoisotopic (exact) mass is 324 g/mol. The molecule has 24 heavy (non-hydrogen) atoms. The van der Waals surface area contributed by atoms with E-state index in [2.05, 4.69) is 42.6 Å². The van der Waals surface area contributed by atoms with Crippen LogP contribution in [0.1, 0.15) is 35.9 Å². The Morgan fingerprint density at radius 2 is 2.08 bits per heavy atom. The Kier molecular flexibility index (Phi) is 5.00. The molecule has 3 rings (SSSR count). The molecule has 124 valence electrons. The van der Waals surface area contributed by atoms with E-state index in [1.165, 1.54) is 12.5 Å². The van der Waals surface area contributed by atoms with Crippen molar-refractivity contribution in [2.45, 2.75) is 32.2 Å². The molecule has 3 aromatic rings. The van der Waals surface area contributed by atoms with Crippen molar-refractivity contribution in [1.29, 1.82) is 0 Å². The van der Waals surface area contributed by atoms with Crippen LogP contribution >= 0.6 is 0 Å². The lowest BCUT2D eigenvalue weighted by Crippen LogP contribution is -2.28. The van der Waals surface area contributed by atoms with Crippen molar-refractivity contribution in [1.82, 2.24) is 30.5 Å². The zero-order valence-electron chi connectivity index (χ0n) is 13.5. The predicted octanol–water partition coefficient (Wildman–Crippen LogP) is 1.73. The van der Waals surface area contributed by atoms with Crippen molar-refractivity contribution in [3.63, 3.8) is 0 Å². The van der Waals surface area contributed by atoms with Crippen molar-refractivity contribution < 1.29 is 4.79 Å². The molecule has 7 heteroatoms. The predicted molar refractivity (Wildman–Crippen MR) is 89.1 cm³/mol. The van der Waals surface area contributed by atoms with E-state index in [1.807, 2.05) is 18.2 Å². The van der Waals surface area contributed by atoms with E-state index in [-0.39, 0.29) is 11.9 Å². The van der Waals surface area contributed by atoms with Gasteiger partial charge in [-0.25, -0.2) is 9.97 Å². The minimum atomic E-state index is -0.287. The summed E-state index contributed by atoms with van der Waals surface area (Å²) >= 11 is 0. The first kappa shape index (κ1) is 15.9. The van der Waals surface area contributed by atoms with Gasteiger partial charge in [0.15, 0.2) is 5.82 Å². The van der Waals surface area contributed by atoms with Gasteiger partial charge < -0.3 is 10.3 Å². The number of amides is 1. The van der Waals surface area contributed by atoms with Gasteiger partial charge in [0, 0.05) is 31.7 Å². The Balaban J connectivity index is 1.67. The van der Waals surface area contributed by atoms with Gasteiger partial charge in [-0.2, -0.15) is 5.10 Å². The number of hydrogen-bond donors (Lipinski definition) is 3. The van der Waals surface area contributed by atoms with Crippen LogP contribution in [-0.4, -0.2) is 31.1 Å². The van der Waals surface area contributed by atoms with Gasteiger partial charge in [0.25, 0.3) is 0 Å². The van der Waals surface area contributed by atoms with Gasteiger partial charge in [0.05, 0.1) is 12.4 Å². The molecule has 7 nitrogen and oxygen atoms in total. The first-order valence-corrected chi connectivity index (χ1v) is 7.90. The summed E-state index contributed by atoms with van der Waals surface area (Å²) in [6.07, 6.45) is 5.57. The van der Waals surface area contributed by atoms with Crippen molar-refractivity contribution in [2.24, 2.45) is 0 Å². The summed E-state index contributed by atoms with van der Waals surface area (Å²) in [5.41, 5.74) is 2.18. The number of hydrogen-bond acceptors (Lipinski definition) is 4. The SMILES string of the molecule is CC(=O)N[C@@H](Cc1cnc[nH]1)c1n[nH]c(CCc2ccccc2)n1. The standard InChI is InChI=1S/C17H20N6O/c1-12(24)20-15(9-14-10-18-11-19-14)17-21-16(22-23-17)8-7-13-5-3-2-4-6-13/h2-6,10-11,15H,7-9H2,1H3,(H,18,19)(H,20,24)(H,21,22,23)/t15-/m0/s1. The van der Waals surface area contributed by atoms with E-state index in [0.717, 1.165) is 24.4 Å². The molecule has 0 aliphatic heterocycles. The Bertz CT molecular complexity index is 766. The van der Waals surface area contributed by atoms with E-state index in [9.17, 15) is 4.79 Å². The molecule has 0 radical (unpaired) electrons. The van der Waals surface area contributed by atoms with Crippen LogP contribution in [0.15, 0.2) is 42.9 Å². The number of imidazole rings is 1. The Morgan fingerprint density at radius 1 is 1.25 bits per heavy atom. The van der Waals surface area contributed by atoms with Crippen LogP contribution in [-0.2, 0) is 24.1 Å². The zero-order valence-corrected chi connectivity index (χ0v) is 13.5. The highest BCUT2D eigenvalue weighted by atomic mass is 16.1. The summed E-state index contributed by atoms with van der Waals surface area (Å²) in [5, 5.41) is 10.1.